The molecule has 3 aromatic rings. The number of hydrogen-bond donors (Lipinski definition) is 0. The molecule has 1 aliphatic rings. The molecule has 0 aliphatic heterocycles. The number of aromatic nitrogens is 3. The summed E-state index contributed by atoms with van der Waals surface area (Å²) in [6.07, 6.45) is 2.73. The van der Waals surface area contributed by atoms with Gasteiger partial charge in [-0.1, -0.05) is 28.4 Å². The Labute approximate surface area is 216 Å². The van der Waals surface area contributed by atoms with Crippen molar-refractivity contribution in [1.82, 2.24) is 15.1 Å². The van der Waals surface area contributed by atoms with Gasteiger partial charge in [0, 0.05) is 24.6 Å². The summed E-state index contributed by atoms with van der Waals surface area (Å²) in [5.74, 6) is 1.54. The Kier molecular flexibility index (Phi) is 8.41. The summed E-state index contributed by atoms with van der Waals surface area (Å²) >= 11 is 12.7. The van der Waals surface area contributed by atoms with Gasteiger partial charge in [0.2, 0.25) is 11.7 Å². The third-order valence-corrected chi connectivity index (χ3v) is 5.19. The third kappa shape index (κ3) is 5.74. The predicted molar refractivity (Wildman–Crippen MR) is 120 cm³/mol. The summed E-state index contributed by atoms with van der Waals surface area (Å²) in [5, 5.41) is 4.78. The van der Waals surface area contributed by atoms with Gasteiger partial charge in [0.15, 0.2) is 0 Å². The Morgan fingerprint density at radius 1 is 1.16 bits per heavy atom. The number of halogens is 2. The summed E-state index contributed by atoms with van der Waals surface area (Å²) in [6, 6.07) is 6.89. The first-order valence-corrected chi connectivity index (χ1v) is 10.4. The number of carbonyl (C=O) groups is 1. The topological polar surface area (TPSA) is 96.6 Å². The minimum absolute atomic E-state index is 0. The number of hydrogen-bond acceptors (Lipinski definition) is 8. The molecule has 0 unspecified atom stereocenters. The second kappa shape index (κ2) is 10.9. The average Bonchev–Trinajstić information content (AvgIpc) is 3.17. The van der Waals surface area contributed by atoms with E-state index < -0.39 is 0 Å². The molecular formula is C21H20Cl2N3NaO5. The van der Waals surface area contributed by atoms with Crippen LogP contribution in [0.5, 0.6) is 11.6 Å². The van der Waals surface area contributed by atoms with E-state index in [2.05, 4.69) is 15.1 Å². The van der Waals surface area contributed by atoms with Gasteiger partial charge in [-0.15, -0.1) is 0 Å². The molecule has 0 atom stereocenters. The maximum absolute atomic E-state index is 10.3. The van der Waals surface area contributed by atoms with Gasteiger partial charge in [-0.2, -0.15) is 4.98 Å². The van der Waals surface area contributed by atoms with Crippen LogP contribution in [0.4, 0.5) is 0 Å². The van der Waals surface area contributed by atoms with E-state index in [0.29, 0.717) is 57.9 Å². The van der Waals surface area contributed by atoms with E-state index in [4.69, 9.17) is 41.9 Å². The van der Waals surface area contributed by atoms with Crippen LogP contribution in [0.15, 0.2) is 35.0 Å². The molecule has 11 heteroatoms. The summed E-state index contributed by atoms with van der Waals surface area (Å²) in [6.45, 7) is 4.24. The first kappa shape index (κ1) is 24.8. The summed E-state index contributed by atoms with van der Waals surface area (Å²) in [7, 11) is 0. The van der Waals surface area contributed by atoms with Crippen LogP contribution in [-0.2, 0) is 9.53 Å². The van der Waals surface area contributed by atoms with E-state index in [-0.39, 0.29) is 53.8 Å². The van der Waals surface area contributed by atoms with Crippen molar-refractivity contribution in [2.75, 3.05) is 0 Å². The molecule has 32 heavy (non-hydrogen) atoms. The molecule has 1 aromatic carbocycles. The number of ether oxygens (including phenoxy) is 3. The van der Waals surface area contributed by atoms with Crippen molar-refractivity contribution >= 4 is 59.2 Å². The predicted octanol–water partition coefficient (Wildman–Crippen LogP) is 4.33. The quantitative estimate of drug-likeness (QED) is 0.342. The van der Waals surface area contributed by atoms with Gasteiger partial charge in [-0.25, -0.2) is 4.98 Å². The van der Waals surface area contributed by atoms with Crippen LogP contribution in [0.25, 0.3) is 22.8 Å². The fourth-order valence-corrected chi connectivity index (χ4v) is 3.51. The monoisotopic (exact) mass is 487 g/mol. The molecule has 2 heterocycles. The summed E-state index contributed by atoms with van der Waals surface area (Å²) < 4.78 is 21.6. The van der Waals surface area contributed by atoms with Crippen molar-refractivity contribution in [3.05, 3.63) is 40.5 Å². The van der Waals surface area contributed by atoms with Crippen LogP contribution in [0, 0.1) is 0 Å². The van der Waals surface area contributed by atoms with Crippen LogP contribution in [0.1, 0.15) is 26.7 Å². The molecule has 1 fully saturated rings. The SMILES string of the molecule is CC(C)Oc1ncc(-c2nc(-c3ccc(OC4CC(OC=O)C4)cc3Cl)no2)cc1Cl.[NaH]. The van der Waals surface area contributed by atoms with E-state index >= 15 is 0 Å². The number of benzene rings is 1. The Bertz CT molecular complexity index is 1090. The molecular weight excluding hydrogens is 468 g/mol. The number of carbonyl (C=O) groups excluding carboxylic acids is 1. The van der Waals surface area contributed by atoms with E-state index in [1.165, 1.54) is 0 Å². The zero-order valence-electron chi connectivity index (χ0n) is 16.7. The van der Waals surface area contributed by atoms with Crippen LogP contribution >= 0.6 is 23.2 Å². The summed E-state index contributed by atoms with van der Waals surface area (Å²) in [4.78, 5) is 18.9. The second-order valence-electron chi connectivity index (χ2n) is 7.31. The van der Waals surface area contributed by atoms with Crippen LogP contribution in [-0.4, -0.2) is 69.5 Å². The molecule has 4 rings (SSSR count). The van der Waals surface area contributed by atoms with Crippen molar-refractivity contribution in [2.24, 2.45) is 0 Å². The molecule has 164 valence electrons. The second-order valence-corrected chi connectivity index (χ2v) is 8.12. The van der Waals surface area contributed by atoms with Crippen molar-refractivity contribution in [1.29, 1.82) is 0 Å². The Balaban J connectivity index is 0.00000289. The minimum atomic E-state index is -0.0796. The number of pyridine rings is 1. The molecule has 8 nitrogen and oxygen atoms in total. The molecule has 0 bridgehead atoms. The van der Waals surface area contributed by atoms with E-state index in [9.17, 15) is 4.79 Å². The van der Waals surface area contributed by atoms with Crippen LogP contribution in [0.2, 0.25) is 10.0 Å². The normalized spacial score (nSPS) is 17.3. The molecule has 0 spiro atoms. The molecule has 1 saturated carbocycles. The zero-order chi connectivity index (χ0) is 22.0. The van der Waals surface area contributed by atoms with Gasteiger partial charge < -0.3 is 18.7 Å². The molecule has 2 aromatic heterocycles. The summed E-state index contributed by atoms with van der Waals surface area (Å²) in [5.41, 5.74) is 1.16. The van der Waals surface area contributed by atoms with Gasteiger partial charge in [0.25, 0.3) is 12.4 Å². The van der Waals surface area contributed by atoms with Crippen LogP contribution < -0.4 is 9.47 Å². The average molecular weight is 488 g/mol. The molecule has 0 N–H and O–H groups in total. The van der Waals surface area contributed by atoms with Crippen molar-refractivity contribution in [3.8, 4) is 34.5 Å². The number of nitrogens with zero attached hydrogens (tertiary/aromatic N) is 3. The molecule has 0 radical (unpaired) electrons. The van der Waals surface area contributed by atoms with Crippen molar-refractivity contribution < 1.29 is 23.5 Å². The van der Waals surface area contributed by atoms with Gasteiger partial charge in [-0.3, -0.25) is 4.79 Å². The van der Waals surface area contributed by atoms with Crippen molar-refractivity contribution in [2.45, 2.75) is 45.0 Å². The van der Waals surface area contributed by atoms with Gasteiger partial charge >= 0.3 is 29.6 Å². The van der Waals surface area contributed by atoms with Gasteiger partial charge in [0.1, 0.15) is 23.0 Å². The Morgan fingerprint density at radius 3 is 2.59 bits per heavy atom. The Hall–Kier alpha value is -1.84. The third-order valence-electron chi connectivity index (χ3n) is 4.61. The number of rotatable bonds is 8. The van der Waals surface area contributed by atoms with E-state index in [1.807, 2.05) is 13.8 Å². The van der Waals surface area contributed by atoms with Crippen LogP contribution in [0.3, 0.4) is 0 Å². The zero-order valence-corrected chi connectivity index (χ0v) is 18.3. The van der Waals surface area contributed by atoms with E-state index in [1.54, 1.807) is 30.5 Å². The first-order valence-electron chi connectivity index (χ1n) is 9.65. The Morgan fingerprint density at radius 2 is 1.94 bits per heavy atom. The fourth-order valence-electron chi connectivity index (χ4n) is 3.05. The van der Waals surface area contributed by atoms with Gasteiger partial charge in [-0.05, 0) is 38.1 Å². The fraction of sp³-hybridized carbons (Fsp3) is 0.333. The van der Waals surface area contributed by atoms with E-state index in [0.717, 1.165) is 0 Å². The standard InChI is InChI=1S/C21H19Cl2N3O5.Na.H/c1-11(2)29-21-18(23)5-12(9-24-21)20-25-19(26-31-20)16-4-3-13(8-17(16)22)30-15-6-14(7-15)28-10-27;;/h3-5,8-11,14-15H,6-7H2,1-2H3;;. The molecule has 0 amide bonds. The van der Waals surface area contributed by atoms with Crippen molar-refractivity contribution in [3.63, 3.8) is 0 Å². The molecule has 1 aliphatic carbocycles. The van der Waals surface area contributed by atoms with Gasteiger partial charge in [0.05, 0.1) is 16.7 Å². The molecule has 0 saturated heterocycles. The first-order chi connectivity index (χ1) is 14.9. The maximum atomic E-state index is 10.3.